The molecule has 0 radical (unpaired) electrons. The van der Waals surface area contributed by atoms with E-state index in [9.17, 15) is 14.0 Å². The normalized spacial score (nSPS) is 15.0. The van der Waals surface area contributed by atoms with E-state index in [0.717, 1.165) is 13.0 Å². The van der Waals surface area contributed by atoms with E-state index in [1.165, 1.54) is 24.3 Å². The Balaban J connectivity index is 1.82. The molecule has 2 amide bonds. The molecule has 5 nitrogen and oxygen atoms in total. The Bertz CT molecular complexity index is 511. The quantitative estimate of drug-likeness (QED) is 0.829. The molecule has 2 rings (SSSR count). The van der Waals surface area contributed by atoms with Gasteiger partial charge in [-0.3, -0.25) is 9.59 Å². The highest BCUT2D eigenvalue weighted by Gasteiger charge is 2.24. The molecule has 1 heterocycles. The van der Waals surface area contributed by atoms with E-state index in [4.69, 9.17) is 0 Å². The number of nitrogens with one attached hydrogen (secondary N) is 1. The third-order valence-electron chi connectivity index (χ3n) is 3.83. The molecule has 6 heteroatoms. The second-order valence-corrected chi connectivity index (χ2v) is 5.39. The monoisotopic (exact) mass is 307 g/mol. The number of hydrogen-bond acceptors (Lipinski definition) is 3. The number of halogens is 1. The van der Waals surface area contributed by atoms with Gasteiger partial charge in [0.2, 0.25) is 5.91 Å². The lowest BCUT2D eigenvalue weighted by molar-refractivity contribution is -0.132. The lowest BCUT2D eigenvalue weighted by Gasteiger charge is -2.35. The van der Waals surface area contributed by atoms with Crippen LogP contribution in [-0.4, -0.2) is 61.4 Å². The molecule has 1 N–H and O–H groups in total. The number of nitrogens with zero attached hydrogens (tertiary/aromatic N) is 2. The Morgan fingerprint density at radius 1 is 1.09 bits per heavy atom. The van der Waals surface area contributed by atoms with Gasteiger partial charge in [0.25, 0.3) is 5.91 Å². The average Bonchev–Trinajstić information content (AvgIpc) is 2.55. The van der Waals surface area contributed by atoms with E-state index in [2.05, 4.69) is 5.32 Å². The minimum absolute atomic E-state index is 0.109. The van der Waals surface area contributed by atoms with Gasteiger partial charge in [0.15, 0.2) is 0 Å². The van der Waals surface area contributed by atoms with Gasteiger partial charge < -0.3 is 15.1 Å². The minimum Gasteiger partial charge on any atom is -0.339 e. The molecule has 1 fully saturated rings. The molecule has 0 bridgehead atoms. The highest BCUT2D eigenvalue weighted by atomic mass is 19.1. The van der Waals surface area contributed by atoms with Crippen molar-refractivity contribution in [2.45, 2.75) is 12.8 Å². The van der Waals surface area contributed by atoms with Crippen LogP contribution in [0.5, 0.6) is 0 Å². The van der Waals surface area contributed by atoms with Crippen LogP contribution >= 0.6 is 0 Å². The number of rotatable bonds is 5. The molecule has 120 valence electrons. The summed E-state index contributed by atoms with van der Waals surface area (Å²) in [5.74, 6) is -0.319. The van der Waals surface area contributed by atoms with Gasteiger partial charge in [0.1, 0.15) is 5.82 Å². The van der Waals surface area contributed by atoms with Crippen LogP contribution in [0.15, 0.2) is 24.3 Å². The maximum absolute atomic E-state index is 12.9. The molecule has 1 aliphatic rings. The third-order valence-corrected chi connectivity index (χ3v) is 3.83. The molecule has 1 aromatic rings. The SMILES string of the molecule is CNCCCC(=O)N1CCN(C(=O)c2ccc(F)cc2)CC1. The molecule has 0 atom stereocenters. The van der Waals surface area contributed by atoms with Gasteiger partial charge in [-0.15, -0.1) is 0 Å². The van der Waals surface area contributed by atoms with E-state index >= 15 is 0 Å². The van der Waals surface area contributed by atoms with E-state index in [-0.39, 0.29) is 17.6 Å². The zero-order valence-corrected chi connectivity index (χ0v) is 12.8. The van der Waals surface area contributed by atoms with Gasteiger partial charge in [-0.2, -0.15) is 0 Å². The summed E-state index contributed by atoms with van der Waals surface area (Å²) in [6, 6.07) is 5.56. The van der Waals surface area contributed by atoms with Crippen LogP contribution in [0.2, 0.25) is 0 Å². The van der Waals surface area contributed by atoms with E-state index in [0.29, 0.717) is 38.2 Å². The molecule has 0 unspecified atom stereocenters. The summed E-state index contributed by atoms with van der Waals surface area (Å²) in [4.78, 5) is 27.8. The molecule has 0 aliphatic carbocycles. The van der Waals surface area contributed by atoms with Crippen molar-refractivity contribution in [1.29, 1.82) is 0 Å². The summed E-state index contributed by atoms with van der Waals surface area (Å²) in [7, 11) is 1.87. The molecular weight excluding hydrogens is 285 g/mol. The Kier molecular flexibility index (Phi) is 5.89. The van der Waals surface area contributed by atoms with E-state index in [1.54, 1.807) is 4.90 Å². The summed E-state index contributed by atoms with van der Waals surface area (Å²) >= 11 is 0. The van der Waals surface area contributed by atoms with Crippen molar-refractivity contribution < 1.29 is 14.0 Å². The fraction of sp³-hybridized carbons (Fsp3) is 0.500. The molecule has 1 saturated heterocycles. The summed E-state index contributed by atoms with van der Waals surface area (Å²) in [5.41, 5.74) is 0.482. The second-order valence-electron chi connectivity index (χ2n) is 5.39. The van der Waals surface area contributed by atoms with Crippen LogP contribution in [0.3, 0.4) is 0 Å². The zero-order chi connectivity index (χ0) is 15.9. The van der Waals surface area contributed by atoms with E-state index < -0.39 is 0 Å². The van der Waals surface area contributed by atoms with Crippen molar-refractivity contribution in [2.75, 3.05) is 39.8 Å². The highest BCUT2D eigenvalue weighted by molar-refractivity contribution is 5.94. The summed E-state index contributed by atoms with van der Waals surface area (Å²) < 4.78 is 12.9. The largest absolute Gasteiger partial charge is 0.339 e. The van der Waals surface area contributed by atoms with Gasteiger partial charge >= 0.3 is 0 Å². The topological polar surface area (TPSA) is 52.7 Å². The van der Waals surface area contributed by atoms with Crippen LogP contribution in [0, 0.1) is 5.82 Å². The molecule has 0 spiro atoms. The molecule has 1 aromatic carbocycles. The van der Waals surface area contributed by atoms with Gasteiger partial charge in [-0.1, -0.05) is 0 Å². The number of carbonyl (C=O) groups excluding carboxylic acids is 2. The van der Waals surface area contributed by atoms with Crippen molar-refractivity contribution in [3.8, 4) is 0 Å². The molecule has 1 aliphatic heterocycles. The Hall–Kier alpha value is -1.95. The lowest BCUT2D eigenvalue weighted by atomic mass is 10.1. The molecular formula is C16H22FN3O2. The summed E-state index contributed by atoms with van der Waals surface area (Å²) in [5, 5.41) is 3.02. The number of benzene rings is 1. The first kappa shape index (κ1) is 16.4. The Morgan fingerprint density at radius 3 is 2.27 bits per heavy atom. The fourth-order valence-corrected chi connectivity index (χ4v) is 2.51. The highest BCUT2D eigenvalue weighted by Crippen LogP contribution is 2.11. The standard InChI is InChI=1S/C16H22FN3O2/c1-18-8-2-3-15(21)19-9-11-20(12-10-19)16(22)13-4-6-14(17)7-5-13/h4-7,18H,2-3,8-12H2,1H3. The first-order chi connectivity index (χ1) is 10.6. The lowest BCUT2D eigenvalue weighted by Crippen LogP contribution is -2.50. The maximum Gasteiger partial charge on any atom is 0.253 e. The first-order valence-electron chi connectivity index (χ1n) is 7.59. The van der Waals surface area contributed by atoms with Crippen molar-refractivity contribution in [2.24, 2.45) is 0 Å². The number of carbonyl (C=O) groups is 2. The summed E-state index contributed by atoms with van der Waals surface area (Å²) in [6.45, 7) is 2.99. The predicted molar refractivity (Wildman–Crippen MR) is 82.0 cm³/mol. The van der Waals surface area contributed by atoms with Gasteiger partial charge in [-0.25, -0.2) is 4.39 Å². The molecule has 22 heavy (non-hydrogen) atoms. The zero-order valence-electron chi connectivity index (χ0n) is 12.8. The second kappa shape index (κ2) is 7.89. The van der Waals surface area contributed by atoms with Crippen LogP contribution < -0.4 is 5.32 Å². The smallest absolute Gasteiger partial charge is 0.253 e. The van der Waals surface area contributed by atoms with Crippen LogP contribution in [0.1, 0.15) is 23.2 Å². The van der Waals surface area contributed by atoms with Crippen LogP contribution in [-0.2, 0) is 4.79 Å². The molecule has 0 saturated carbocycles. The summed E-state index contributed by atoms with van der Waals surface area (Å²) in [6.07, 6.45) is 1.36. The van der Waals surface area contributed by atoms with Crippen molar-refractivity contribution in [3.63, 3.8) is 0 Å². The predicted octanol–water partition coefficient (Wildman–Crippen LogP) is 1.11. The van der Waals surface area contributed by atoms with Crippen LogP contribution in [0.4, 0.5) is 4.39 Å². The van der Waals surface area contributed by atoms with Gasteiger partial charge in [0.05, 0.1) is 0 Å². The fourth-order valence-electron chi connectivity index (χ4n) is 2.51. The average molecular weight is 307 g/mol. The van der Waals surface area contributed by atoms with Crippen molar-refractivity contribution in [1.82, 2.24) is 15.1 Å². The van der Waals surface area contributed by atoms with Crippen LogP contribution in [0.25, 0.3) is 0 Å². The number of piperazine rings is 1. The number of hydrogen-bond donors (Lipinski definition) is 1. The number of amides is 2. The third kappa shape index (κ3) is 4.27. The van der Waals surface area contributed by atoms with Gasteiger partial charge in [-0.05, 0) is 44.3 Å². The Labute approximate surface area is 130 Å². The van der Waals surface area contributed by atoms with Gasteiger partial charge in [0, 0.05) is 38.2 Å². The van der Waals surface area contributed by atoms with E-state index in [1.807, 2.05) is 11.9 Å². The molecule has 0 aromatic heterocycles. The van der Waals surface area contributed by atoms with Crippen molar-refractivity contribution in [3.05, 3.63) is 35.6 Å². The van der Waals surface area contributed by atoms with Crippen molar-refractivity contribution >= 4 is 11.8 Å². The Morgan fingerprint density at radius 2 is 1.68 bits per heavy atom. The minimum atomic E-state index is -0.353. The maximum atomic E-state index is 12.9. The first-order valence-corrected chi connectivity index (χ1v) is 7.59.